The van der Waals surface area contributed by atoms with Gasteiger partial charge >= 0.3 is 0 Å². The number of aromatic nitrogens is 1. The quantitative estimate of drug-likeness (QED) is 0.686. The summed E-state index contributed by atoms with van der Waals surface area (Å²) >= 11 is 0. The minimum Gasteiger partial charge on any atom is -0.375 e. The van der Waals surface area contributed by atoms with Crippen LogP contribution in [0.4, 0.5) is 15.8 Å². The second-order valence-corrected chi connectivity index (χ2v) is 4.53. The fraction of sp³-hybridized carbons (Fsp3) is 0.214. The number of aryl methyl sites for hydroxylation is 2. The van der Waals surface area contributed by atoms with E-state index in [1.54, 1.807) is 19.3 Å². The summed E-state index contributed by atoms with van der Waals surface area (Å²) in [6.07, 6.45) is 3.38. The molecule has 104 valence electrons. The molecule has 1 aromatic heterocycles. The number of nitro groups is 1. The number of nitrogens with one attached hydrogen (secondary N) is 1. The van der Waals surface area contributed by atoms with Gasteiger partial charge in [0.2, 0.25) is 0 Å². The Morgan fingerprint density at radius 3 is 2.75 bits per heavy atom. The average molecular weight is 275 g/mol. The lowest BCUT2D eigenvalue weighted by Crippen LogP contribution is -2.05. The Kier molecular flexibility index (Phi) is 3.93. The minimum atomic E-state index is -0.596. The highest BCUT2D eigenvalue weighted by Gasteiger charge is 2.16. The summed E-state index contributed by atoms with van der Waals surface area (Å²) in [6.45, 7) is 3.90. The lowest BCUT2D eigenvalue weighted by molar-refractivity contribution is -0.384. The number of halogens is 1. The van der Waals surface area contributed by atoms with E-state index in [4.69, 9.17) is 0 Å². The molecule has 0 radical (unpaired) electrons. The molecule has 2 aromatic rings. The molecule has 1 heterocycles. The van der Waals surface area contributed by atoms with Crippen LogP contribution in [-0.2, 0) is 6.54 Å². The topological polar surface area (TPSA) is 68.1 Å². The fourth-order valence-corrected chi connectivity index (χ4v) is 1.84. The van der Waals surface area contributed by atoms with Crippen molar-refractivity contribution in [2.24, 2.45) is 0 Å². The van der Waals surface area contributed by atoms with E-state index in [1.165, 1.54) is 6.07 Å². The molecule has 0 bridgehead atoms. The molecule has 1 N–H and O–H groups in total. The van der Waals surface area contributed by atoms with Crippen molar-refractivity contribution in [2.45, 2.75) is 20.4 Å². The van der Waals surface area contributed by atoms with Crippen LogP contribution in [0.5, 0.6) is 0 Å². The van der Waals surface area contributed by atoms with Gasteiger partial charge in [-0.25, -0.2) is 4.39 Å². The molecule has 0 saturated heterocycles. The molecule has 0 aliphatic rings. The number of benzene rings is 1. The number of hydrogen-bond donors (Lipinski definition) is 1. The SMILES string of the molecule is Cc1cc(NCc2cnccc2C)c([N+](=O)[O-])cc1F. The monoisotopic (exact) mass is 275 g/mol. The molecule has 0 aliphatic carbocycles. The minimum absolute atomic E-state index is 0.269. The molecule has 20 heavy (non-hydrogen) atoms. The largest absolute Gasteiger partial charge is 0.375 e. The maximum absolute atomic E-state index is 13.4. The number of pyridine rings is 1. The highest BCUT2D eigenvalue weighted by atomic mass is 19.1. The van der Waals surface area contributed by atoms with Crippen molar-refractivity contribution in [1.82, 2.24) is 4.98 Å². The van der Waals surface area contributed by atoms with Crippen molar-refractivity contribution in [3.05, 3.63) is 63.2 Å². The molecule has 0 spiro atoms. The molecule has 0 aliphatic heterocycles. The van der Waals surface area contributed by atoms with E-state index in [9.17, 15) is 14.5 Å². The van der Waals surface area contributed by atoms with Crippen molar-refractivity contribution in [3.8, 4) is 0 Å². The van der Waals surface area contributed by atoms with E-state index in [0.29, 0.717) is 17.8 Å². The van der Waals surface area contributed by atoms with E-state index in [0.717, 1.165) is 17.2 Å². The van der Waals surface area contributed by atoms with Gasteiger partial charge in [0.1, 0.15) is 11.5 Å². The van der Waals surface area contributed by atoms with E-state index in [2.05, 4.69) is 10.3 Å². The van der Waals surface area contributed by atoms with Gasteiger partial charge in [0.15, 0.2) is 0 Å². The normalized spacial score (nSPS) is 10.3. The fourth-order valence-electron chi connectivity index (χ4n) is 1.84. The maximum atomic E-state index is 13.4. The molecule has 0 unspecified atom stereocenters. The van der Waals surface area contributed by atoms with Crippen LogP contribution >= 0.6 is 0 Å². The summed E-state index contributed by atoms with van der Waals surface area (Å²) in [6, 6.07) is 4.24. The highest BCUT2D eigenvalue weighted by molar-refractivity contribution is 5.63. The second kappa shape index (κ2) is 5.64. The van der Waals surface area contributed by atoms with Crippen LogP contribution in [0.15, 0.2) is 30.6 Å². The highest BCUT2D eigenvalue weighted by Crippen LogP contribution is 2.28. The first kappa shape index (κ1) is 13.9. The van der Waals surface area contributed by atoms with Crippen LogP contribution in [0.3, 0.4) is 0 Å². The van der Waals surface area contributed by atoms with Crippen LogP contribution in [0.2, 0.25) is 0 Å². The Hall–Kier alpha value is -2.50. The predicted octanol–water partition coefficient (Wildman–Crippen LogP) is 3.36. The molecule has 0 atom stereocenters. The number of hydrogen-bond acceptors (Lipinski definition) is 4. The van der Waals surface area contributed by atoms with Gasteiger partial charge in [-0.1, -0.05) is 0 Å². The van der Waals surface area contributed by atoms with Crippen LogP contribution in [-0.4, -0.2) is 9.91 Å². The predicted molar refractivity (Wildman–Crippen MR) is 74.1 cm³/mol. The first-order valence-electron chi connectivity index (χ1n) is 6.07. The number of nitrogens with zero attached hydrogens (tertiary/aromatic N) is 2. The molecule has 6 heteroatoms. The third kappa shape index (κ3) is 2.90. The maximum Gasteiger partial charge on any atom is 0.295 e. The standard InChI is InChI=1S/C14H14FN3O2/c1-9-3-4-16-7-11(9)8-17-13-5-10(2)12(15)6-14(13)18(19)20/h3-7,17H,8H2,1-2H3. The van der Waals surface area contributed by atoms with Crippen molar-refractivity contribution < 1.29 is 9.31 Å². The molecule has 0 amide bonds. The zero-order chi connectivity index (χ0) is 14.7. The van der Waals surface area contributed by atoms with Crippen molar-refractivity contribution in [1.29, 1.82) is 0 Å². The van der Waals surface area contributed by atoms with Crippen LogP contribution in [0.25, 0.3) is 0 Å². The second-order valence-electron chi connectivity index (χ2n) is 4.53. The first-order chi connectivity index (χ1) is 9.49. The number of rotatable bonds is 4. The summed E-state index contributed by atoms with van der Waals surface area (Å²) in [5, 5.41) is 13.9. The molecular weight excluding hydrogens is 261 g/mol. The van der Waals surface area contributed by atoms with Gasteiger partial charge in [0, 0.05) is 18.9 Å². The summed E-state index contributed by atoms with van der Waals surface area (Å²) in [5.74, 6) is -0.584. The van der Waals surface area contributed by atoms with Gasteiger partial charge in [-0.2, -0.15) is 0 Å². The summed E-state index contributed by atoms with van der Waals surface area (Å²) in [5.41, 5.74) is 2.37. The molecule has 0 saturated carbocycles. The van der Waals surface area contributed by atoms with Crippen LogP contribution in [0, 0.1) is 29.8 Å². The van der Waals surface area contributed by atoms with Crippen molar-refractivity contribution in [2.75, 3.05) is 5.32 Å². The van der Waals surface area contributed by atoms with Crippen molar-refractivity contribution in [3.63, 3.8) is 0 Å². The Labute approximate surface area is 115 Å². The van der Waals surface area contributed by atoms with Crippen molar-refractivity contribution >= 4 is 11.4 Å². The summed E-state index contributed by atoms with van der Waals surface area (Å²) in [7, 11) is 0. The Morgan fingerprint density at radius 2 is 2.10 bits per heavy atom. The molecule has 2 rings (SSSR count). The van der Waals surface area contributed by atoms with E-state index < -0.39 is 10.7 Å². The zero-order valence-electron chi connectivity index (χ0n) is 11.2. The van der Waals surface area contributed by atoms with Gasteiger partial charge in [-0.15, -0.1) is 0 Å². The zero-order valence-corrected chi connectivity index (χ0v) is 11.2. The summed E-state index contributed by atoms with van der Waals surface area (Å²) in [4.78, 5) is 14.4. The summed E-state index contributed by atoms with van der Waals surface area (Å²) < 4.78 is 13.4. The van der Waals surface area contributed by atoms with E-state index in [1.807, 2.05) is 13.0 Å². The molecular formula is C14H14FN3O2. The van der Waals surface area contributed by atoms with Crippen LogP contribution < -0.4 is 5.32 Å². The van der Waals surface area contributed by atoms with Gasteiger partial charge in [0.05, 0.1) is 11.0 Å². The van der Waals surface area contributed by atoms with Gasteiger partial charge in [-0.3, -0.25) is 15.1 Å². The Morgan fingerprint density at radius 1 is 1.35 bits per heavy atom. The van der Waals surface area contributed by atoms with Gasteiger partial charge < -0.3 is 5.32 Å². The average Bonchev–Trinajstić information content (AvgIpc) is 2.41. The molecule has 5 nitrogen and oxygen atoms in total. The third-order valence-corrected chi connectivity index (χ3v) is 3.09. The lowest BCUT2D eigenvalue weighted by Gasteiger charge is -2.10. The van der Waals surface area contributed by atoms with E-state index in [-0.39, 0.29) is 5.69 Å². The van der Waals surface area contributed by atoms with Gasteiger partial charge in [-0.05, 0) is 42.7 Å². The lowest BCUT2D eigenvalue weighted by atomic mass is 10.1. The Bertz CT molecular complexity index is 659. The van der Waals surface area contributed by atoms with Gasteiger partial charge in [0.25, 0.3) is 5.69 Å². The molecule has 0 fully saturated rings. The van der Waals surface area contributed by atoms with Crippen LogP contribution in [0.1, 0.15) is 16.7 Å². The smallest absolute Gasteiger partial charge is 0.295 e. The molecule has 1 aromatic carbocycles. The number of anilines is 1. The first-order valence-corrected chi connectivity index (χ1v) is 6.07. The van der Waals surface area contributed by atoms with E-state index >= 15 is 0 Å². The number of nitro benzene ring substituents is 1. The Balaban J connectivity index is 2.27. The third-order valence-electron chi connectivity index (χ3n) is 3.09.